The number of nitrogens with zero attached hydrogens (tertiary/aromatic N) is 5. The van der Waals surface area contributed by atoms with E-state index in [0.29, 0.717) is 29.9 Å². The van der Waals surface area contributed by atoms with E-state index < -0.39 is 6.04 Å². The summed E-state index contributed by atoms with van der Waals surface area (Å²) in [5.74, 6) is 2.43. The normalized spacial score (nSPS) is 14.7. The standard InChI is InChI=1S/C27H33N7O/c1-28-22-13-11-21(12-14-22)19-29-26(35)23(17-20-9-5-4-6-10-20)30-24-18-25(34-15-7-8-16-34)32-27(31-24)33(2)3/h7-8,11-16,18,20,23H,4-6,9-10,17,19H2,2-3H3,(H,29,35)(H,30,31,32)/t23-/m1/s1. The van der Waals surface area contributed by atoms with Crippen molar-refractivity contribution in [1.29, 1.82) is 0 Å². The molecule has 0 spiro atoms. The molecule has 3 aromatic rings. The molecule has 2 aromatic heterocycles. The third-order valence-electron chi connectivity index (χ3n) is 6.43. The predicted octanol–water partition coefficient (Wildman–Crippen LogP) is 4.95. The Bertz CT molecular complexity index is 1140. The van der Waals surface area contributed by atoms with Gasteiger partial charge < -0.3 is 20.1 Å². The molecule has 35 heavy (non-hydrogen) atoms. The number of hydrogen-bond acceptors (Lipinski definition) is 5. The highest BCUT2D eigenvalue weighted by molar-refractivity contribution is 5.84. The first-order chi connectivity index (χ1) is 17.0. The number of aromatic nitrogens is 3. The van der Waals surface area contributed by atoms with Crippen LogP contribution in [0, 0.1) is 12.5 Å². The smallest absolute Gasteiger partial charge is 0.242 e. The molecule has 0 aliphatic heterocycles. The Morgan fingerprint density at radius 1 is 1.14 bits per heavy atom. The van der Waals surface area contributed by atoms with Crippen molar-refractivity contribution in [3.8, 4) is 5.82 Å². The molecule has 1 fully saturated rings. The number of anilines is 2. The fourth-order valence-corrected chi connectivity index (χ4v) is 4.48. The van der Waals surface area contributed by atoms with Crippen LogP contribution < -0.4 is 15.5 Å². The van der Waals surface area contributed by atoms with Crippen molar-refractivity contribution in [2.75, 3.05) is 24.3 Å². The highest BCUT2D eigenvalue weighted by Crippen LogP contribution is 2.28. The molecule has 4 rings (SSSR count). The average Bonchev–Trinajstić information content (AvgIpc) is 3.43. The summed E-state index contributed by atoms with van der Waals surface area (Å²) in [7, 11) is 3.81. The van der Waals surface area contributed by atoms with Gasteiger partial charge in [-0.15, -0.1) is 0 Å². The van der Waals surface area contributed by atoms with Crippen LogP contribution in [-0.4, -0.2) is 40.6 Å². The van der Waals surface area contributed by atoms with E-state index >= 15 is 0 Å². The molecule has 1 amide bonds. The Labute approximate surface area is 207 Å². The summed E-state index contributed by atoms with van der Waals surface area (Å²) in [6.45, 7) is 7.52. The number of benzene rings is 1. The molecule has 8 heteroatoms. The second-order valence-electron chi connectivity index (χ2n) is 9.33. The van der Waals surface area contributed by atoms with Crippen molar-refractivity contribution in [3.63, 3.8) is 0 Å². The predicted molar refractivity (Wildman–Crippen MR) is 139 cm³/mol. The minimum Gasteiger partial charge on any atom is -0.358 e. The van der Waals surface area contributed by atoms with Gasteiger partial charge >= 0.3 is 0 Å². The third kappa shape index (κ3) is 6.60. The van der Waals surface area contributed by atoms with E-state index in [1.807, 2.05) is 66.3 Å². The first-order valence-electron chi connectivity index (χ1n) is 12.2. The van der Waals surface area contributed by atoms with Gasteiger partial charge in [-0.2, -0.15) is 9.97 Å². The summed E-state index contributed by atoms with van der Waals surface area (Å²) in [5, 5.41) is 6.52. The molecule has 1 atom stereocenters. The Morgan fingerprint density at radius 3 is 2.51 bits per heavy atom. The first-order valence-corrected chi connectivity index (χ1v) is 12.2. The van der Waals surface area contributed by atoms with Crippen molar-refractivity contribution in [2.24, 2.45) is 5.92 Å². The zero-order valence-corrected chi connectivity index (χ0v) is 20.4. The Hall–Kier alpha value is -3.86. The minimum atomic E-state index is -0.400. The molecule has 1 saturated carbocycles. The van der Waals surface area contributed by atoms with Gasteiger partial charge in [0.2, 0.25) is 11.9 Å². The maximum absolute atomic E-state index is 13.4. The molecule has 0 saturated heterocycles. The van der Waals surface area contributed by atoms with Crippen LogP contribution in [0.25, 0.3) is 10.7 Å². The maximum atomic E-state index is 13.4. The lowest BCUT2D eigenvalue weighted by molar-refractivity contribution is -0.122. The van der Waals surface area contributed by atoms with E-state index in [1.54, 1.807) is 12.1 Å². The summed E-state index contributed by atoms with van der Waals surface area (Å²) >= 11 is 0. The molecule has 0 radical (unpaired) electrons. The third-order valence-corrected chi connectivity index (χ3v) is 6.43. The number of carbonyl (C=O) groups excluding carboxylic acids is 1. The molecule has 0 unspecified atom stereocenters. The van der Waals surface area contributed by atoms with Gasteiger partial charge in [0.05, 0.1) is 6.57 Å². The zero-order valence-electron chi connectivity index (χ0n) is 20.4. The quantitative estimate of drug-likeness (QED) is 0.432. The minimum absolute atomic E-state index is 0.0441. The van der Waals surface area contributed by atoms with Crippen molar-refractivity contribution in [2.45, 2.75) is 51.1 Å². The summed E-state index contributed by atoms with van der Waals surface area (Å²) < 4.78 is 1.93. The summed E-state index contributed by atoms with van der Waals surface area (Å²) in [5.41, 5.74) is 1.56. The molecule has 1 aromatic carbocycles. The molecular weight excluding hydrogens is 438 g/mol. The van der Waals surface area contributed by atoms with Gasteiger partial charge in [0.25, 0.3) is 0 Å². The molecule has 2 heterocycles. The number of amides is 1. The number of nitrogens with one attached hydrogen (secondary N) is 2. The van der Waals surface area contributed by atoms with E-state index in [2.05, 4.69) is 25.4 Å². The van der Waals surface area contributed by atoms with Gasteiger partial charge in [0, 0.05) is 39.1 Å². The van der Waals surface area contributed by atoms with Crippen LogP contribution in [0.3, 0.4) is 0 Å². The molecular formula is C27H33N7O. The SMILES string of the molecule is [C-]#[N+]c1ccc(CNC(=O)[C@@H](CC2CCCCC2)Nc2cc(-n3cccc3)nc(N(C)C)n2)cc1. The van der Waals surface area contributed by atoms with E-state index in [1.165, 1.54) is 19.3 Å². The summed E-state index contributed by atoms with van der Waals surface area (Å²) in [6.07, 6.45) is 10.7. The molecule has 1 aliphatic rings. The van der Waals surface area contributed by atoms with Gasteiger partial charge in [-0.05, 0) is 30.0 Å². The van der Waals surface area contributed by atoms with E-state index in [0.717, 1.165) is 30.6 Å². The van der Waals surface area contributed by atoms with Crippen LogP contribution >= 0.6 is 0 Å². The Kier molecular flexibility index (Phi) is 7.99. The second-order valence-corrected chi connectivity index (χ2v) is 9.33. The maximum Gasteiger partial charge on any atom is 0.242 e. The van der Waals surface area contributed by atoms with Crippen molar-refractivity contribution >= 4 is 23.4 Å². The van der Waals surface area contributed by atoms with Crippen molar-refractivity contribution < 1.29 is 4.79 Å². The van der Waals surface area contributed by atoms with Gasteiger partial charge in [0.1, 0.15) is 17.7 Å². The fourth-order valence-electron chi connectivity index (χ4n) is 4.48. The molecule has 182 valence electrons. The summed E-state index contributed by atoms with van der Waals surface area (Å²) in [4.78, 5) is 28.0. The van der Waals surface area contributed by atoms with Crippen LogP contribution in [0.5, 0.6) is 0 Å². The monoisotopic (exact) mass is 471 g/mol. The fraction of sp³-hybridized carbons (Fsp3) is 0.407. The average molecular weight is 472 g/mol. The highest BCUT2D eigenvalue weighted by Gasteiger charge is 2.25. The van der Waals surface area contributed by atoms with Crippen LogP contribution in [0.1, 0.15) is 44.1 Å². The van der Waals surface area contributed by atoms with Gasteiger partial charge in [0.15, 0.2) is 5.69 Å². The molecule has 2 N–H and O–H groups in total. The lowest BCUT2D eigenvalue weighted by atomic mass is 9.84. The van der Waals surface area contributed by atoms with Gasteiger partial charge in [-0.1, -0.05) is 56.4 Å². The van der Waals surface area contributed by atoms with Crippen molar-refractivity contribution in [1.82, 2.24) is 19.9 Å². The Balaban J connectivity index is 1.53. The number of carbonyl (C=O) groups is 1. The van der Waals surface area contributed by atoms with Crippen LogP contribution in [0.15, 0.2) is 54.9 Å². The highest BCUT2D eigenvalue weighted by atomic mass is 16.2. The van der Waals surface area contributed by atoms with Gasteiger partial charge in [-0.3, -0.25) is 4.79 Å². The topological polar surface area (TPSA) is 79.4 Å². The Morgan fingerprint density at radius 2 is 1.86 bits per heavy atom. The molecule has 8 nitrogen and oxygen atoms in total. The first kappa shape index (κ1) is 24.3. The van der Waals surface area contributed by atoms with Crippen LogP contribution in [0.2, 0.25) is 0 Å². The number of hydrogen-bond donors (Lipinski definition) is 2. The molecule has 0 bridgehead atoms. The van der Waals surface area contributed by atoms with Gasteiger partial charge in [-0.25, -0.2) is 4.85 Å². The van der Waals surface area contributed by atoms with E-state index in [4.69, 9.17) is 6.57 Å². The lowest BCUT2D eigenvalue weighted by Gasteiger charge is -2.27. The largest absolute Gasteiger partial charge is 0.358 e. The van der Waals surface area contributed by atoms with E-state index in [9.17, 15) is 4.79 Å². The van der Waals surface area contributed by atoms with Crippen LogP contribution in [-0.2, 0) is 11.3 Å². The van der Waals surface area contributed by atoms with Crippen LogP contribution in [0.4, 0.5) is 17.5 Å². The lowest BCUT2D eigenvalue weighted by Crippen LogP contribution is -2.41. The zero-order chi connectivity index (χ0) is 24.6. The second kappa shape index (κ2) is 11.5. The molecule has 1 aliphatic carbocycles. The van der Waals surface area contributed by atoms with E-state index in [-0.39, 0.29) is 5.91 Å². The summed E-state index contributed by atoms with van der Waals surface area (Å²) in [6, 6.07) is 12.7. The van der Waals surface area contributed by atoms with Crippen molar-refractivity contribution in [3.05, 3.63) is 71.8 Å². The number of rotatable bonds is 9.